The number of alkyl carbamates (subject to hydrolysis) is 1. The highest BCUT2D eigenvalue weighted by Gasteiger charge is 2.18. The van der Waals surface area contributed by atoms with Gasteiger partial charge in [-0.05, 0) is 44.5 Å². The zero-order valence-corrected chi connectivity index (χ0v) is 17.6. The van der Waals surface area contributed by atoms with Gasteiger partial charge in [-0.2, -0.15) is 0 Å². The molecule has 1 heterocycles. The van der Waals surface area contributed by atoms with E-state index in [1.807, 2.05) is 36.4 Å². The fourth-order valence-corrected chi connectivity index (χ4v) is 3.24. The van der Waals surface area contributed by atoms with Crippen molar-refractivity contribution < 1.29 is 13.9 Å². The molecule has 1 amide bonds. The number of hydrogen-bond acceptors (Lipinski definition) is 4. The van der Waals surface area contributed by atoms with Crippen LogP contribution in [0.25, 0.3) is 22.1 Å². The SMILES string of the molecule is CC(C)(C)OC(=O)NCCc1oc2ccc(Br)cc2c(=O)c1-c1ccccc1. The quantitative estimate of drug-likeness (QED) is 0.594. The molecule has 0 aliphatic rings. The summed E-state index contributed by atoms with van der Waals surface area (Å²) in [7, 11) is 0. The molecule has 0 radical (unpaired) electrons. The van der Waals surface area contributed by atoms with Gasteiger partial charge in [0.05, 0.1) is 10.9 Å². The van der Waals surface area contributed by atoms with Gasteiger partial charge in [0.15, 0.2) is 0 Å². The van der Waals surface area contributed by atoms with E-state index in [4.69, 9.17) is 9.15 Å². The van der Waals surface area contributed by atoms with E-state index >= 15 is 0 Å². The molecule has 0 saturated heterocycles. The molecule has 0 saturated carbocycles. The molecule has 0 spiro atoms. The van der Waals surface area contributed by atoms with Crippen molar-refractivity contribution in [2.45, 2.75) is 32.8 Å². The lowest BCUT2D eigenvalue weighted by Gasteiger charge is -2.19. The second-order valence-electron chi connectivity index (χ2n) is 7.41. The molecule has 0 bridgehead atoms. The van der Waals surface area contributed by atoms with Crippen molar-refractivity contribution in [1.82, 2.24) is 5.32 Å². The summed E-state index contributed by atoms with van der Waals surface area (Å²) in [5.41, 5.74) is 1.14. The third kappa shape index (κ3) is 4.81. The van der Waals surface area contributed by atoms with Crippen molar-refractivity contribution in [1.29, 1.82) is 0 Å². The molecule has 28 heavy (non-hydrogen) atoms. The number of halogens is 1. The zero-order chi connectivity index (χ0) is 20.3. The van der Waals surface area contributed by atoms with Crippen LogP contribution in [0.15, 0.2) is 62.2 Å². The van der Waals surface area contributed by atoms with E-state index in [0.29, 0.717) is 35.3 Å². The average molecular weight is 444 g/mol. The summed E-state index contributed by atoms with van der Waals surface area (Å²) in [6.07, 6.45) is -0.133. The van der Waals surface area contributed by atoms with Crippen LogP contribution < -0.4 is 10.7 Å². The number of carbonyl (C=O) groups excluding carboxylic acids is 1. The second kappa shape index (κ2) is 8.19. The highest BCUT2D eigenvalue weighted by molar-refractivity contribution is 9.10. The number of ether oxygens (including phenoxy) is 1. The molecule has 0 aliphatic carbocycles. The Bertz CT molecular complexity index is 1050. The Morgan fingerprint density at radius 2 is 1.86 bits per heavy atom. The molecule has 0 fully saturated rings. The van der Waals surface area contributed by atoms with Gasteiger partial charge >= 0.3 is 6.09 Å². The largest absolute Gasteiger partial charge is 0.460 e. The zero-order valence-electron chi connectivity index (χ0n) is 16.0. The number of fused-ring (bicyclic) bond motifs is 1. The summed E-state index contributed by atoms with van der Waals surface area (Å²) in [6.45, 7) is 5.71. The van der Waals surface area contributed by atoms with E-state index in [2.05, 4.69) is 21.2 Å². The summed E-state index contributed by atoms with van der Waals surface area (Å²) in [5.74, 6) is 0.530. The van der Waals surface area contributed by atoms with Gasteiger partial charge in [0.1, 0.15) is 16.9 Å². The number of carbonyl (C=O) groups is 1. The Morgan fingerprint density at radius 3 is 2.54 bits per heavy atom. The topological polar surface area (TPSA) is 68.5 Å². The second-order valence-corrected chi connectivity index (χ2v) is 8.33. The van der Waals surface area contributed by atoms with Crippen molar-refractivity contribution >= 4 is 33.0 Å². The minimum Gasteiger partial charge on any atom is -0.460 e. The third-order valence-corrected chi connectivity index (χ3v) is 4.50. The Labute approximate surface area is 171 Å². The summed E-state index contributed by atoms with van der Waals surface area (Å²) in [6, 6.07) is 14.8. The fourth-order valence-electron chi connectivity index (χ4n) is 2.88. The molecule has 0 atom stereocenters. The predicted molar refractivity (Wildman–Crippen MR) is 114 cm³/mol. The number of nitrogens with one attached hydrogen (secondary N) is 1. The molecule has 146 valence electrons. The lowest BCUT2D eigenvalue weighted by molar-refractivity contribution is 0.0528. The third-order valence-electron chi connectivity index (χ3n) is 4.01. The van der Waals surface area contributed by atoms with Crippen LogP contribution >= 0.6 is 15.9 Å². The predicted octanol–water partition coefficient (Wildman–Crippen LogP) is 5.29. The van der Waals surface area contributed by atoms with Crippen LogP contribution in [0.4, 0.5) is 4.79 Å². The van der Waals surface area contributed by atoms with E-state index in [1.54, 1.807) is 32.9 Å². The molecule has 1 N–H and O–H groups in total. The summed E-state index contributed by atoms with van der Waals surface area (Å²) < 4.78 is 12.1. The standard InChI is InChI=1S/C22H22BrNO4/c1-22(2,3)28-21(26)24-12-11-18-19(14-7-5-4-6-8-14)20(25)16-13-15(23)9-10-17(16)27-18/h4-10,13H,11-12H2,1-3H3,(H,24,26). The first-order chi connectivity index (χ1) is 13.2. The molecule has 0 aliphatic heterocycles. The van der Waals surface area contributed by atoms with Crippen molar-refractivity contribution in [3.8, 4) is 11.1 Å². The van der Waals surface area contributed by atoms with Gasteiger partial charge in [-0.3, -0.25) is 4.79 Å². The van der Waals surface area contributed by atoms with Crippen LogP contribution in [0.2, 0.25) is 0 Å². The first-order valence-electron chi connectivity index (χ1n) is 9.02. The van der Waals surface area contributed by atoms with Gasteiger partial charge in [0.2, 0.25) is 5.43 Å². The van der Waals surface area contributed by atoms with Crippen LogP contribution in [0, 0.1) is 0 Å². The Hall–Kier alpha value is -2.60. The van der Waals surface area contributed by atoms with E-state index in [9.17, 15) is 9.59 Å². The Morgan fingerprint density at radius 1 is 1.14 bits per heavy atom. The number of benzene rings is 2. The molecule has 3 aromatic rings. The van der Waals surface area contributed by atoms with E-state index in [1.165, 1.54) is 0 Å². The first-order valence-corrected chi connectivity index (χ1v) is 9.81. The van der Waals surface area contributed by atoms with Crippen LogP contribution in [0.1, 0.15) is 26.5 Å². The van der Waals surface area contributed by atoms with Crippen LogP contribution in [0.3, 0.4) is 0 Å². The molecule has 6 heteroatoms. The normalized spacial score (nSPS) is 11.4. The van der Waals surface area contributed by atoms with Crippen LogP contribution in [0.5, 0.6) is 0 Å². The minimum atomic E-state index is -0.567. The van der Waals surface area contributed by atoms with Crippen molar-refractivity contribution in [2.75, 3.05) is 6.54 Å². The lowest BCUT2D eigenvalue weighted by atomic mass is 10.0. The van der Waals surface area contributed by atoms with Gasteiger partial charge in [0, 0.05) is 17.4 Å². The lowest BCUT2D eigenvalue weighted by Crippen LogP contribution is -2.33. The van der Waals surface area contributed by atoms with E-state index in [0.717, 1.165) is 10.0 Å². The molecule has 0 unspecified atom stereocenters. The van der Waals surface area contributed by atoms with Crippen LogP contribution in [-0.2, 0) is 11.2 Å². The van der Waals surface area contributed by atoms with Crippen molar-refractivity contribution in [3.63, 3.8) is 0 Å². The monoisotopic (exact) mass is 443 g/mol. The average Bonchev–Trinajstić information content (AvgIpc) is 2.62. The summed E-state index contributed by atoms with van der Waals surface area (Å²) >= 11 is 3.41. The van der Waals surface area contributed by atoms with Gasteiger partial charge in [0.25, 0.3) is 0 Å². The minimum absolute atomic E-state index is 0.0963. The molecule has 3 rings (SSSR count). The van der Waals surface area contributed by atoms with Crippen molar-refractivity contribution in [2.24, 2.45) is 0 Å². The molecule has 2 aromatic carbocycles. The highest BCUT2D eigenvalue weighted by atomic mass is 79.9. The Balaban J connectivity index is 1.95. The molecule has 5 nitrogen and oxygen atoms in total. The maximum absolute atomic E-state index is 13.2. The number of hydrogen-bond donors (Lipinski definition) is 1. The Kier molecular flexibility index (Phi) is 5.89. The maximum atomic E-state index is 13.2. The van der Waals surface area contributed by atoms with Gasteiger partial charge in [-0.15, -0.1) is 0 Å². The highest BCUT2D eigenvalue weighted by Crippen LogP contribution is 2.26. The van der Waals surface area contributed by atoms with E-state index < -0.39 is 11.7 Å². The smallest absolute Gasteiger partial charge is 0.407 e. The van der Waals surface area contributed by atoms with Crippen molar-refractivity contribution in [3.05, 3.63) is 69.0 Å². The molecular weight excluding hydrogens is 422 g/mol. The number of rotatable bonds is 4. The molecule has 1 aromatic heterocycles. The maximum Gasteiger partial charge on any atom is 0.407 e. The molecular formula is C22H22BrNO4. The first kappa shape index (κ1) is 20.1. The summed E-state index contributed by atoms with van der Waals surface area (Å²) in [4.78, 5) is 25.1. The van der Waals surface area contributed by atoms with Gasteiger partial charge in [-0.25, -0.2) is 4.79 Å². The fraction of sp³-hybridized carbons (Fsp3) is 0.273. The van der Waals surface area contributed by atoms with Gasteiger partial charge < -0.3 is 14.5 Å². The van der Waals surface area contributed by atoms with Crippen LogP contribution in [-0.4, -0.2) is 18.2 Å². The number of amides is 1. The van der Waals surface area contributed by atoms with Gasteiger partial charge in [-0.1, -0.05) is 46.3 Å². The summed E-state index contributed by atoms with van der Waals surface area (Å²) in [5, 5.41) is 3.22. The van der Waals surface area contributed by atoms with E-state index in [-0.39, 0.29) is 5.43 Å².